The van der Waals surface area contributed by atoms with E-state index in [9.17, 15) is 4.79 Å². The fourth-order valence-electron chi connectivity index (χ4n) is 3.02. The number of hydrogen-bond donors (Lipinski definition) is 0. The average molecular weight is 343 g/mol. The van der Waals surface area contributed by atoms with Gasteiger partial charge in [-0.25, -0.2) is 4.98 Å². The second-order valence-electron chi connectivity index (χ2n) is 6.22. The molecule has 0 saturated carbocycles. The third kappa shape index (κ3) is 4.93. The van der Waals surface area contributed by atoms with Gasteiger partial charge in [-0.2, -0.15) is 0 Å². The number of amides is 1. The number of nitrogens with zero attached hydrogens (tertiary/aromatic N) is 4. The van der Waals surface area contributed by atoms with E-state index in [1.165, 1.54) is 0 Å². The van der Waals surface area contributed by atoms with Crippen LogP contribution in [-0.4, -0.2) is 72.2 Å². The van der Waals surface area contributed by atoms with E-state index < -0.39 is 0 Å². The molecule has 0 aliphatic carbocycles. The minimum atomic E-state index is 0.208. The van der Waals surface area contributed by atoms with E-state index in [4.69, 9.17) is 16.3 Å². The lowest BCUT2D eigenvalue weighted by Gasteiger charge is -2.35. The van der Waals surface area contributed by atoms with Crippen molar-refractivity contribution < 1.29 is 9.53 Å². The number of likely N-dealkylation sites (tertiary alicyclic amines) is 1. The van der Waals surface area contributed by atoms with Crippen LogP contribution in [0.5, 0.6) is 0 Å². The molecule has 7 heteroatoms. The number of halogens is 1. The number of aromatic nitrogens is 2. The summed E-state index contributed by atoms with van der Waals surface area (Å²) in [6.45, 7) is 2.93. The van der Waals surface area contributed by atoms with Crippen LogP contribution in [0.4, 0.5) is 0 Å². The molecule has 0 bridgehead atoms. The van der Waals surface area contributed by atoms with Crippen LogP contribution in [0.3, 0.4) is 0 Å². The molecule has 1 saturated heterocycles. The Labute approximate surface area is 143 Å². The number of aryl methyl sites for hydroxylation is 1. The van der Waals surface area contributed by atoms with Crippen LogP contribution < -0.4 is 0 Å². The predicted octanol–water partition coefficient (Wildman–Crippen LogP) is 1.67. The van der Waals surface area contributed by atoms with Crippen molar-refractivity contribution in [1.29, 1.82) is 0 Å². The molecule has 0 N–H and O–H groups in total. The second-order valence-corrected chi connectivity index (χ2v) is 6.60. The average Bonchev–Trinajstić information content (AvgIpc) is 2.90. The molecule has 130 valence electrons. The van der Waals surface area contributed by atoms with Crippen molar-refractivity contribution in [3.63, 3.8) is 0 Å². The molecule has 1 aliphatic heterocycles. The molecule has 1 aliphatic rings. The fourth-order valence-corrected chi connectivity index (χ4v) is 3.25. The predicted molar refractivity (Wildman–Crippen MR) is 90.7 cm³/mol. The van der Waals surface area contributed by atoms with Crippen LogP contribution >= 0.6 is 11.6 Å². The maximum Gasteiger partial charge on any atom is 0.223 e. The molecule has 1 aromatic rings. The van der Waals surface area contributed by atoms with E-state index in [0.29, 0.717) is 37.2 Å². The van der Waals surface area contributed by atoms with E-state index in [2.05, 4.69) is 24.0 Å². The van der Waals surface area contributed by atoms with Gasteiger partial charge in [0.1, 0.15) is 11.0 Å². The van der Waals surface area contributed by atoms with Crippen LogP contribution in [0, 0.1) is 0 Å². The Morgan fingerprint density at radius 1 is 1.43 bits per heavy atom. The monoisotopic (exact) mass is 342 g/mol. The molecule has 23 heavy (non-hydrogen) atoms. The standard InChI is InChI=1S/C16H27ClN4O2/c1-19(2)13-6-8-20(9-7-13)16(22)5-4-15-18-12-14(17)21(15)10-11-23-3/h12-13H,4-11H2,1-3H3. The summed E-state index contributed by atoms with van der Waals surface area (Å²) in [4.78, 5) is 20.9. The molecule has 1 fully saturated rings. The lowest BCUT2D eigenvalue weighted by molar-refractivity contribution is -0.132. The Morgan fingerprint density at radius 2 is 2.13 bits per heavy atom. The summed E-state index contributed by atoms with van der Waals surface area (Å²) in [5.74, 6) is 1.06. The summed E-state index contributed by atoms with van der Waals surface area (Å²) in [6, 6.07) is 0.589. The molecule has 1 amide bonds. The molecular formula is C16H27ClN4O2. The number of imidazole rings is 1. The van der Waals surface area contributed by atoms with E-state index in [1.54, 1.807) is 13.3 Å². The zero-order valence-electron chi connectivity index (χ0n) is 14.3. The van der Waals surface area contributed by atoms with Gasteiger partial charge >= 0.3 is 0 Å². The SMILES string of the molecule is COCCn1c(Cl)cnc1CCC(=O)N1CCC(N(C)C)CC1. The molecule has 0 aromatic carbocycles. The molecule has 0 atom stereocenters. The number of methoxy groups -OCH3 is 1. The van der Waals surface area contributed by atoms with Gasteiger partial charge in [0.05, 0.1) is 12.8 Å². The van der Waals surface area contributed by atoms with Gasteiger partial charge in [0, 0.05) is 45.6 Å². The molecule has 0 unspecified atom stereocenters. The van der Waals surface area contributed by atoms with Crippen molar-refractivity contribution >= 4 is 17.5 Å². The summed E-state index contributed by atoms with van der Waals surface area (Å²) >= 11 is 6.14. The molecule has 2 rings (SSSR count). The largest absolute Gasteiger partial charge is 0.383 e. The van der Waals surface area contributed by atoms with Crippen LogP contribution in [0.2, 0.25) is 5.15 Å². The van der Waals surface area contributed by atoms with Crippen LogP contribution in [0.25, 0.3) is 0 Å². The van der Waals surface area contributed by atoms with Crippen molar-refractivity contribution in [2.45, 2.75) is 38.3 Å². The summed E-state index contributed by atoms with van der Waals surface area (Å²) in [7, 11) is 5.86. The molecule has 2 heterocycles. The highest BCUT2D eigenvalue weighted by Crippen LogP contribution is 2.17. The summed E-state index contributed by atoms with van der Waals surface area (Å²) < 4.78 is 7.00. The molecule has 0 radical (unpaired) electrons. The highest BCUT2D eigenvalue weighted by Gasteiger charge is 2.24. The third-order valence-corrected chi connectivity index (χ3v) is 4.82. The third-order valence-electron chi connectivity index (χ3n) is 4.52. The number of carbonyl (C=O) groups is 1. The normalized spacial score (nSPS) is 16.3. The van der Waals surface area contributed by atoms with Crippen LogP contribution in [0.1, 0.15) is 25.1 Å². The topological polar surface area (TPSA) is 50.6 Å². The van der Waals surface area contributed by atoms with Gasteiger partial charge in [-0.1, -0.05) is 11.6 Å². The van der Waals surface area contributed by atoms with Gasteiger partial charge in [-0.3, -0.25) is 4.79 Å². The van der Waals surface area contributed by atoms with Gasteiger partial charge in [0.25, 0.3) is 0 Å². The molecule has 6 nitrogen and oxygen atoms in total. The van der Waals surface area contributed by atoms with Crippen molar-refractivity contribution in [2.24, 2.45) is 0 Å². The summed E-state index contributed by atoms with van der Waals surface area (Å²) in [5.41, 5.74) is 0. The molecule has 1 aromatic heterocycles. The van der Waals surface area contributed by atoms with Crippen molar-refractivity contribution in [3.8, 4) is 0 Å². The first-order valence-electron chi connectivity index (χ1n) is 8.16. The maximum absolute atomic E-state index is 12.4. The Bertz CT molecular complexity index is 510. The zero-order valence-corrected chi connectivity index (χ0v) is 15.1. The summed E-state index contributed by atoms with van der Waals surface area (Å²) in [6.07, 6.45) is 4.83. The van der Waals surface area contributed by atoms with E-state index in [-0.39, 0.29) is 5.91 Å². The highest BCUT2D eigenvalue weighted by atomic mass is 35.5. The van der Waals surface area contributed by atoms with E-state index >= 15 is 0 Å². The molecular weight excluding hydrogens is 316 g/mol. The van der Waals surface area contributed by atoms with E-state index in [0.717, 1.165) is 31.8 Å². The van der Waals surface area contributed by atoms with Gasteiger partial charge in [0.2, 0.25) is 5.91 Å². The van der Waals surface area contributed by atoms with Crippen molar-refractivity contribution in [3.05, 3.63) is 17.2 Å². The first-order chi connectivity index (χ1) is 11.0. The van der Waals surface area contributed by atoms with Crippen molar-refractivity contribution in [1.82, 2.24) is 19.4 Å². The quantitative estimate of drug-likeness (QED) is 0.756. The van der Waals surface area contributed by atoms with Crippen LogP contribution in [0.15, 0.2) is 6.20 Å². The number of carbonyl (C=O) groups excluding carboxylic acids is 1. The number of hydrogen-bond acceptors (Lipinski definition) is 4. The Balaban J connectivity index is 1.83. The first kappa shape index (κ1) is 18.2. The lowest BCUT2D eigenvalue weighted by Crippen LogP contribution is -2.44. The van der Waals surface area contributed by atoms with Gasteiger partial charge < -0.3 is 19.1 Å². The number of rotatable bonds is 7. The minimum absolute atomic E-state index is 0.208. The van der Waals surface area contributed by atoms with Gasteiger partial charge in [-0.05, 0) is 26.9 Å². The van der Waals surface area contributed by atoms with E-state index in [1.807, 2.05) is 9.47 Å². The second kappa shape index (κ2) is 8.66. The zero-order chi connectivity index (χ0) is 16.8. The van der Waals surface area contributed by atoms with Crippen LogP contribution in [-0.2, 0) is 22.5 Å². The maximum atomic E-state index is 12.4. The Morgan fingerprint density at radius 3 is 2.74 bits per heavy atom. The van der Waals surface area contributed by atoms with Gasteiger partial charge in [0.15, 0.2) is 0 Å². The van der Waals surface area contributed by atoms with Gasteiger partial charge in [-0.15, -0.1) is 0 Å². The Hall–Kier alpha value is -1.11. The molecule has 0 spiro atoms. The van der Waals surface area contributed by atoms with Crippen molar-refractivity contribution in [2.75, 3.05) is 40.9 Å². The highest BCUT2D eigenvalue weighted by molar-refractivity contribution is 6.29. The smallest absolute Gasteiger partial charge is 0.223 e. The number of ether oxygens (including phenoxy) is 1. The lowest BCUT2D eigenvalue weighted by atomic mass is 10.0. The first-order valence-corrected chi connectivity index (χ1v) is 8.53. The minimum Gasteiger partial charge on any atom is -0.383 e. The fraction of sp³-hybridized carbons (Fsp3) is 0.750. The summed E-state index contributed by atoms with van der Waals surface area (Å²) in [5, 5.41) is 0.594. The number of piperidine rings is 1. The Kier molecular flexibility index (Phi) is 6.87.